The molecule has 9 heteroatoms. The molecule has 2 N–H and O–H groups in total. The van der Waals surface area contributed by atoms with Crippen molar-refractivity contribution in [3.8, 4) is 0 Å². The minimum absolute atomic E-state index is 0.0160. The van der Waals surface area contributed by atoms with E-state index in [1.165, 1.54) is 31.4 Å². The van der Waals surface area contributed by atoms with E-state index in [2.05, 4.69) is 49.1 Å². The number of hydrogen-bond acceptors (Lipinski definition) is 5. The van der Waals surface area contributed by atoms with Crippen LogP contribution in [0.3, 0.4) is 0 Å². The maximum absolute atomic E-state index is 13.8. The summed E-state index contributed by atoms with van der Waals surface area (Å²) in [5, 5.41) is 16.6. The molecule has 2 aromatic heterocycles. The smallest absolute Gasteiger partial charge is 0.335 e. The monoisotopic (exact) mass is 587 g/mol. The van der Waals surface area contributed by atoms with Crippen LogP contribution in [0, 0.1) is 11.8 Å². The molecule has 0 atom stereocenters. The third-order valence-electron chi connectivity index (χ3n) is 7.86. The summed E-state index contributed by atoms with van der Waals surface area (Å²) in [6, 6.07) is 9.62. The third-order valence-corrected chi connectivity index (χ3v) is 7.86. The molecule has 1 aliphatic rings. The fraction of sp³-hybridized carbons (Fsp3) is 0.471. The Bertz CT molecular complexity index is 1420. The lowest BCUT2D eigenvalue weighted by Crippen LogP contribution is -2.34. The zero-order chi connectivity index (χ0) is 30.9. The quantitative estimate of drug-likeness (QED) is 0.242. The Kier molecular flexibility index (Phi) is 11.1. The number of carboxylic acid groups (broad SMARTS) is 1. The maximum Gasteiger partial charge on any atom is 0.335 e. The Morgan fingerprint density at radius 2 is 1.60 bits per heavy atom. The predicted molar refractivity (Wildman–Crippen MR) is 171 cm³/mol. The molecule has 4 rings (SSSR count). The van der Waals surface area contributed by atoms with Gasteiger partial charge in [0.2, 0.25) is 0 Å². The molecule has 3 aromatic rings. The molecule has 0 unspecified atom stereocenters. The first kappa shape index (κ1) is 31.9. The van der Waals surface area contributed by atoms with Gasteiger partial charge in [-0.3, -0.25) is 14.5 Å². The number of nitrogens with zero attached hydrogens (tertiary/aromatic N) is 4. The Morgan fingerprint density at radius 3 is 2.21 bits per heavy atom. The van der Waals surface area contributed by atoms with Crippen LogP contribution in [-0.4, -0.2) is 75.0 Å². The van der Waals surface area contributed by atoms with Gasteiger partial charge in [-0.2, -0.15) is 5.10 Å². The molecule has 2 amide bonds. The highest BCUT2D eigenvalue weighted by Crippen LogP contribution is 2.23. The van der Waals surface area contributed by atoms with Gasteiger partial charge in [-0.15, -0.1) is 0 Å². The number of aromatic nitrogens is 2. The van der Waals surface area contributed by atoms with Gasteiger partial charge in [-0.25, -0.2) is 9.31 Å². The molecule has 1 fully saturated rings. The number of carbonyl (C=O) groups is 3. The van der Waals surface area contributed by atoms with Crippen molar-refractivity contribution < 1.29 is 19.5 Å². The van der Waals surface area contributed by atoms with E-state index in [1.54, 1.807) is 28.9 Å². The van der Waals surface area contributed by atoms with Crippen LogP contribution in [0.2, 0.25) is 0 Å². The number of benzene rings is 1. The Morgan fingerprint density at radius 1 is 0.953 bits per heavy atom. The van der Waals surface area contributed by atoms with Crippen molar-refractivity contribution in [1.29, 1.82) is 0 Å². The van der Waals surface area contributed by atoms with Crippen molar-refractivity contribution in [1.82, 2.24) is 19.4 Å². The second-order valence-electron chi connectivity index (χ2n) is 12.3. The predicted octanol–water partition coefficient (Wildman–Crippen LogP) is 6.32. The number of anilines is 1. The van der Waals surface area contributed by atoms with Crippen LogP contribution >= 0.6 is 0 Å². The largest absolute Gasteiger partial charge is 0.478 e. The summed E-state index contributed by atoms with van der Waals surface area (Å²) in [6.45, 7) is 12.9. The molecule has 1 aliphatic heterocycles. The van der Waals surface area contributed by atoms with Crippen molar-refractivity contribution in [3.05, 3.63) is 71.1 Å². The molecular formula is C34H45N5O4. The second-order valence-corrected chi connectivity index (χ2v) is 12.3. The van der Waals surface area contributed by atoms with Crippen LogP contribution in [0.1, 0.15) is 96.6 Å². The van der Waals surface area contributed by atoms with Gasteiger partial charge in [-0.05, 0) is 87.0 Å². The third kappa shape index (κ3) is 8.76. The normalized spacial score (nSPS) is 14.2. The average molecular weight is 588 g/mol. The first-order valence-corrected chi connectivity index (χ1v) is 15.5. The zero-order valence-electron chi connectivity index (χ0n) is 25.9. The highest BCUT2D eigenvalue weighted by molar-refractivity contribution is 6.07. The summed E-state index contributed by atoms with van der Waals surface area (Å²) in [6.07, 6.45) is 11.2. The zero-order valence-corrected chi connectivity index (χ0v) is 25.9. The summed E-state index contributed by atoms with van der Waals surface area (Å²) >= 11 is 0. The van der Waals surface area contributed by atoms with Gasteiger partial charge in [0.05, 0.1) is 11.1 Å². The highest BCUT2D eigenvalue weighted by Gasteiger charge is 2.22. The Hall–Kier alpha value is -3.98. The molecule has 0 saturated carbocycles. The number of hydrogen-bond donors (Lipinski definition) is 2. The lowest BCUT2D eigenvalue weighted by Gasteiger charge is -2.25. The molecule has 1 aromatic carbocycles. The summed E-state index contributed by atoms with van der Waals surface area (Å²) < 4.78 is 1.65. The first-order chi connectivity index (χ1) is 20.6. The van der Waals surface area contributed by atoms with Crippen molar-refractivity contribution in [2.45, 2.75) is 59.8 Å². The van der Waals surface area contributed by atoms with E-state index >= 15 is 0 Å². The van der Waals surface area contributed by atoms with Gasteiger partial charge in [0.1, 0.15) is 0 Å². The molecule has 9 nitrogen and oxygen atoms in total. The standard InChI is InChI=1S/C34H45N5O4/c1-24(2)14-20-38(21-15-25(3)4)33(41)27-16-22-39-30(23-27)29(9-8-19-37-17-6-5-7-18-37)31(36-39)32(40)35-28-12-10-26(11-13-28)34(42)43/h8-13,16,22-25H,5-7,14-15,17-21H2,1-4H3,(H,35,40)(H,42,43)/b9-8+. The Labute approximate surface area is 254 Å². The molecule has 0 spiro atoms. The van der Waals surface area contributed by atoms with Crippen LogP contribution in [0.15, 0.2) is 48.7 Å². The molecule has 3 heterocycles. The molecule has 0 bridgehead atoms. The van der Waals surface area contributed by atoms with Crippen LogP contribution in [0.5, 0.6) is 0 Å². The van der Waals surface area contributed by atoms with Crippen LogP contribution in [0.25, 0.3) is 11.6 Å². The molecule has 0 radical (unpaired) electrons. The molecular weight excluding hydrogens is 542 g/mol. The van der Waals surface area contributed by atoms with Crippen LogP contribution in [0.4, 0.5) is 5.69 Å². The van der Waals surface area contributed by atoms with Gasteiger partial charge in [-0.1, -0.05) is 46.3 Å². The lowest BCUT2D eigenvalue weighted by molar-refractivity contribution is 0.0695. The summed E-state index contributed by atoms with van der Waals surface area (Å²) in [7, 11) is 0. The number of amides is 2. The summed E-state index contributed by atoms with van der Waals surface area (Å²) in [5.74, 6) is -0.475. The maximum atomic E-state index is 13.8. The van der Waals surface area contributed by atoms with Crippen molar-refractivity contribution in [2.75, 3.05) is 38.0 Å². The van der Waals surface area contributed by atoms with Gasteiger partial charge < -0.3 is 15.3 Å². The molecule has 230 valence electrons. The Balaban J connectivity index is 1.66. The van der Waals surface area contributed by atoms with E-state index in [0.29, 0.717) is 47.3 Å². The van der Waals surface area contributed by atoms with Crippen LogP contribution in [-0.2, 0) is 0 Å². The van der Waals surface area contributed by atoms with Gasteiger partial charge >= 0.3 is 5.97 Å². The number of likely N-dealkylation sites (tertiary alicyclic amines) is 1. The molecule has 43 heavy (non-hydrogen) atoms. The molecule has 1 saturated heterocycles. The number of nitrogens with one attached hydrogen (secondary N) is 1. The summed E-state index contributed by atoms with van der Waals surface area (Å²) in [5.41, 5.74) is 2.74. The van der Waals surface area contributed by atoms with Crippen molar-refractivity contribution in [3.63, 3.8) is 0 Å². The van der Waals surface area contributed by atoms with Gasteiger partial charge in [0.15, 0.2) is 5.69 Å². The van der Waals surface area contributed by atoms with Crippen molar-refractivity contribution >= 4 is 35.1 Å². The summed E-state index contributed by atoms with van der Waals surface area (Å²) in [4.78, 5) is 42.8. The number of aromatic carboxylic acids is 1. The van der Waals surface area contributed by atoms with Crippen molar-refractivity contribution in [2.24, 2.45) is 11.8 Å². The number of carboxylic acids is 1. The minimum Gasteiger partial charge on any atom is -0.478 e. The number of piperidine rings is 1. The minimum atomic E-state index is -1.03. The number of carbonyl (C=O) groups excluding carboxylic acids is 2. The highest BCUT2D eigenvalue weighted by atomic mass is 16.4. The first-order valence-electron chi connectivity index (χ1n) is 15.5. The van der Waals surface area contributed by atoms with E-state index < -0.39 is 11.9 Å². The topological polar surface area (TPSA) is 107 Å². The molecule has 0 aliphatic carbocycles. The van der Waals surface area contributed by atoms with Gasteiger partial charge in [0.25, 0.3) is 11.8 Å². The van der Waals surface area contributed by atoms with E-state index in [4.69, 9.17) is 0 Å². The fourth-order valence-corrected chi connectivity index (χ4v) is 5.20. The van der Waals surface area contributed by atoms with E-state index in [-0.39, 0.29) is 17.2 Å². The van der Waals surface area contributed by atoms with E-state index in [1.807, 2.05) is 17.0 Å². The number of rotatable bonds is 13. The fourth-order valence-electron chi connectivity index (χ4n) is 5.20. The van der Waals surface area contributed by atoms with E-state index in [0.717, 1.165) is 32.5 Å². The number of pyridine rings is 1. The second kappa shape index (κ2) is 15.0. The number of fused-ring (bicyclic) bond motifs is 1. The average Bonchev–Trinajstić information content (AvgIpc) is 3.35. The lowest BCUT2D eigenvalue weighted by atomic mass is 10.1. The van der Waals surface area contributed by atoms with Crippen LogP contribution < -0.4 is 5.32 Å². The van der Waals surface area contributed by atoms with Gasteiger partial charge in [0, 0.05) is 42.6 Å². The SMILES string of the molecule is CC(C)CCN(CCC(C)C)C(=O)c1ccn2nc(C(=O)Nc3ccc(C(=O)O)cc3)c(/C=C/CN3CCCCC3)c2c1. The van der Waals surface area contributed by atoms with E-state index in [9.17, 15) is 19.5 Å².